The summed E-state index contributed by atoms with van der Waals surface area (Å²) in [6.07, 6.45) is 1.60. The van der Waals surface area contributed by atoms with Gasteiger partial charge in [0.1, 0.15) is 6.07 Å². The third-order valence-corrected chi connectivity index (χ3v) is 6.58. The summed E-state index contributed by atoms with van der Waals surface area (Å²) in [4.78, 5) is 17.5. The molecule has 0 saturated carbocycles. The van der Waals surface area contributed by atoms with Crippen LogP contribution >= 0.6 is 11.6 Å². The number of hydrogen-bond donors (Lipinski definition) is 1. The monoisotopic (exact) mass is 438 g/mol. The minimum Gasteiger partial charge on any atom is -0.355 e. The molecule has 8 heteroatoms. The first-order chi connectivity index (χ1) is 15.1. The molecule has 1 N–H and O–H groups in total. The van der Waals surface area contributed by atoms with E-state index in [0.29, 0.717) is 5.69 Å². The van der Waals surface area contributed by atoms with Crippen molar-refractivity contribution in [2.75, 3.05) is 37.6 Å². The third-order valence-electron chi connectivity index (χ3n) is 6.33. The summed E-state index contributed by atoms with van der Waals surface area (Å²) in [5.41, 5.74) is 1.54. The van der Waals surface area contributed by atoms with E-state index in [1.54, 1.807) is 6.07 Å². The quantitative estimate of drug-likeness (QED) is 0.772. The standard InChI is InChI=1S/C23H27ClN6O/c1-2-26-21-15-30(14-20(21)16-3-5-18(24)6-4-16)23(31)17-9-11-29(12-10-17)22-8-7-19(13-25)27-28-22/h3-8,17,20-21,26H,2,9-12,14-15H2,1H3/t20-,21+/m1/s1. The minimum atomic E-state index is 0.0360. The lowest BCUT2D eigenvalue weighted by atomic mass is 9.94. The number of carbonyl (C=O) groups excluding carboxylic acids is 1. The summed E-state index contributed by atoms with van der Waals surface area (Å²) < 4.78 is 0. The van der Waals surface area contributed by atoms with Crippen molar-refractivity contribution < 1.29 is 4.79 Å². The molecule has 1 aromatic carbocycles. The summed E-state index contributed by atoms with van der Waals surface area (Å²) in [7, 11) is 0. The molecule has 1 aromatic heterocycles. The highest BCUT2D eigenvalue weighted by molar-refractivity contribution is 6.30. The van der Waals surface area contributed by atoms with E-state index in [2.05, 4.69) is 39.5 Å². The van der Waals surface area contributed by atoms with Crippen molar-refractivity contribution in [3.05, 3.63) is 52.7 Å². The maximum atomic E-state index is 13.3. The van der Waals surface area contributed by atoms with Gasteiger partial charge in [-0.05, 0) is 49.2 Å². The number of nitrogens with one attached hydrogen (secondary N) is 1. The van der Waals surface area contributed by atoms with Crippen LogP contribution in [0.1, 0.15) is 36.9 Å². The SMILES string of the molecule is CCN[C@H]1CN(C(=O)C2CCN(c3ccc(C#N)nn3)CC2)C[C@@H]1c1ccc(Cl)cc1. The second-order valence-electron chi connectivity index (χ2n) is 8.22. The van der Waals surface area contributed by atoms with Crippen molar-refractivity contribution in [1.29, 1.82) is 5.26 Å². The van der Waals surface area contributed by atoms with Crippen molar-refractivity contribution in [2.24, 2.45) is 5.92 Å². The Labute approximate surface area is 188 Å². The lowest BCUT2D eigenvalue weighted by Crippen LogP contribution is -2.43. The van der Waals surface area contributed by atoms with Crippen LogP contribution in [-0.4, -0.2) is 59.8 Å². The Morgan fingerprint density at radius 1 is 1.16 bits per heavy atom. The van der Waals surface area contributed by atoms with Crippen LogP contribution < -0.4 is 10.2 Å². The molecule has 2 fully saturated rings. The highest BCUT2D eigenvalue weighted by Crippen LogP contribution is 2.31. The van der Waals surface area contributed by atoms with E-state index in [9.17, 15) is 4.79 Å². The predicted octanol–water partition coefficient (Wildman–Crippen LogP) is 2.82. The highest BCUT2D eigenvalue weighted by atomic mass is 35.5. The van der Waals surface area contributed by atoms with Crippen LogP contribution in [0.15, 0.2) is 36.4 Å². The number of likely N-dealkylation sites (tertiary alicyclic amines) is 1. The molecule has 0 radical (unpaired) electrons. The fourth-order valence-electron chi connectivity index (χ4n) is 4.67. The molecule has 2 saturated heterocycles. The van der Waals surface area contributed by atoms with Gasteiger partial charge in [-0.15, -0.1) is 10.2 Å². The molecule has 0 bridgehead atoms. The Kier molecular flexibility index (Phi) is 6.69. The molecule has 2 aliphatic heterocycles. The third kappa shape index (κ3) is 4.81. The minimum absolute atomic E-state index is 0.0360. The van der Waals surface area contributed by atoms with E-state index >= 15 is 0 Å². The van der Waals surface area contributed by atoms with E-state index < -0.39 is 0 Å². The fourth-order valence-corrected chi connectivity index (χ4v) is 4.79. The van der Waals surface area contributed by atoms with Crippen LogP contribution in [0.4, 0.5) is 5.82 Å². The van der Waals surface area contributed by atoms with E-state index in [1.807, 2.05) is 29.2 Å². The van der Waals surface area contributed by atoms with Gasteiger partial charge in [0.05, 0.1) is 0 Å². The first kappa shape index (κ1) is 21.5. The van der Waals surface area contributed by atoms with Gasteiger partial charge in [-0.3, -0.25) is 4.79 Å². The van der Waals surface area contributed by atoms with Crippen LogP contribution in [0, 0.1) is 17.2 Å². The number of anilines is 1. The summed E-state index contributed by atoms with van der Waals surface area (Å²) in [5.74, 6) is 1.33. The normalized spacial score (nSPS) is 21.8. The Balaban J connectivity index is 1.38. The summed E-state index contributed by atoms with van der Waals surface area (Å²) in [6.45, 7) is 5.98. The van der Waals surface area contributed by atoms with Gasteiger partial charge >= 0.3 is 0 Å². The Bertz CT molecular complexity index is 934. The maximum absolute atomic E-state index is 13.3. The summed E-state index contributed by atoms with van der Waals surface area (Å²) in [5, 5.41) is 21.2. The topological polar surface area (TPSA) is 85.2 Å². The second kappa shape index (κ2) is 9.63. The van der Waals surface area contributed by atoms with Gasteiger partial charge in [0.15, 0.2) is 11.5 Å². The molecule has 0 spiro atoms. The molecule has 0 aliphatic carbocycles. The first-order valence-electron chi connectivity index (χ1n) is 10.9. The van der Waals surface area contributed by atoms with Gasteiger partial charge in [0.2, 0.25) is 5.91 Å². The van der Waals surface area contributed by atoms with E-state index in [4.69, 9.17) is 16.9 Å². The lowest BCUT2D eigenvalue weighted by Gasteiger charge is -2.33. The number of halogens is 1. The molecule has 2 aliphatic rings. The van der Waals surface area contributed by atoms with Crippen LogP contribution in [0.25, 0.3) is 0 Å². The molecule has 2 aromatic rings. The number of amides is 1. The van der Waals surface area contributed by atoms with Crippen molar-refractivity contribution in [3.63, 3.8) is 0 Å². The van der Waals surface area contributed by atoms with Crippen LogP contribution in [0.2, 0.25) is 5.02 Å². The summed E-state index contributed by atoms with van der Waals surface area (Å²) >= 11 is 6.06. The molecular formula is C23H27ClN6O. The molecule has 7 nitrogen and oxygen atoms in total. The van der Waals surface area contributed by atoms with Crippen molar-refractivity contribution in [2.45, 2.75) is 31.7 Å². The predicted molar refractivity (Wildman–Crippen MR) is 120 cm³/mol. The Hall–Kier alpha value is -2.69. The number of carbonyl (C=O) groups is 1. The van der Waals surface area contributed by atoms with Gasteiger partial charge in [-0.1, -0.05) is 30.7 Å². The lowest BCUT2D eigenvalue weighted by molar-refractivity contribution is -0.135. The number of hydrogen-bond acceptors (Lipinski definition) is 6. The molecule has 3 heterocycles. The molecule has 31 heavy (non-hydrogen) atoms. The molecule has 0 unspecified atom stereocenters. The van der Waals surface area contributed by atoms with E-state index in [0.717, 1.165) is 56.4 Å². The number of nitrogens with zero attached hydrogens (tertiary/aromatic N) is 5. The van der Waals surface area contributed by atoms with E-state index in [1.165, 1.54) is 5.56 Å². The zero-order valence-electron chi connectivity index (χ0n) is 17.7. The number of rotatable bonds is 5. The largest absolute Gasteiger partial charge is 0.355 e. The first-order valence-corrected chi connectivity index (χ1v) is 11.2. The van der Waals surface area contributed by atoms with Gasteiger partial charge < -0.3 is 15.1 Å². The zero-order valence-corrected chi connectivity index (χ0v) is 18.4. The number of benzene rings is 1. The molecule has 4 rings (SSSR count). The highest BCUT2D eigenvalue weighted by Gasteiger charge is 2.38. The number of piperidine rings is 1. The molecule has 162 valence electrons. The average Bonchev–Trinajstić information content (AvgIpc) is 3.23. The van der Waals surface area contributed by atoms with Crippen molar-refractivity contribution in [1.82, 2.24) is 20.4 Å². The van der Waals surface area contributed by atoms with Gasteiger partial charge in [0, 0.05) is 49.1 Å². The number of nitriles is 1. The molecule has 1 amide bonds. The fraction of sp³-hybridized carbons (Fsp3) is 0.478. The molecule has 2 atom stereocenters. The van der Waals surface area contributed by atoms with Crippen LogP contribution in [0.3, 0.4) is 0 Å². The van der Waals surface area contributed by atoms with Crippen LogP contribution in [-0.2, 0) is 4.79 Å². The maximum Gasteiger partial charge on any atom is 0.225 e. The van der Waals surface area contributed by atoms with E-state index in [-0.39, 0.29) is 23.8 Å². The average molecular weight is 439 g/mol. The Morgan fingerprint density at radius 3 is 2.52 bits per heavy atom. The van der Waals surface area contributed by atoms with Gasteiger partial charge in [0.25, 0.3) is 0 Å². The smallest absolute Gasteiger partial charge is 0.225 e. The van der Waals surface area contributed by atoms with Crippen LogP contribution in [0.5, 0.6) is 0 Å². The number of likely N-dealkylation sites (N-methyl/N-ethyl adjacent to an activating group) is 1. The van der Waals surface area contributed by atoms with Crippen molar-refractivity contribution >= 4 is 23.3 Å². The second-order valence-corrected chi connectivity index (χ2v) is 8.65. The molecular weight excluding hydrogens is 412 g/mol. The summed E-state index contributed by atoms with van der Waals surface area (Å²) in [6, 6.07) is 13.7. The zero-order chi connectivity index (χ0) is 21.8. The van der Waals surface area contributed by atoms with Gasteiger partial charge in [-0.25, -0.2) is 0 Å². The van der Waals surface area contributed by atoms with Crippen molar-refractivity contribution in [3.8, 4) is 6.07 Å². The Morgan fingerprint density at radius 2 is 1.90 bits per heavy atom. The van der Waals surface area contributed by atoms with Gasteiger partial charge in [-0.2, -0.15) is 5.26 Å². The number of aromatic nitrogens is 2.